The Labute approximate surface area is 206 Å². The number of nitrogens with zero attached hydrogens (tertiary/aromatic N) is 4. The number of hydrogen-bond donors (Lipinski definition) is 0. The van der Waals surface area contributed by atoms with Gasteiger partial charge in [-0.05, 0) is 19.8 Å². The molecular weight excluding hydrogens is 456 g/mol. The molecule has 1 aliphatic heterocycles. The van der Waals surface area contributed by atoms with Crippen molar-refractivity contribution in [1.82, 2.24) is 4.90 Å². The minimum Gasteiger partial charge on any atom is -0.489 e. The van der Waals surface area contributed by atoms with Gasteiger partial charge in [0.2, 0.25) is 0 Å². The van der Waals surface area contributed by atoms with Crippen LogP contribution in [0.1, 0.15) is 83.8 Å². The van der Waals surface area contributed by atoms with Crippen molar-refractivity contribution in [3.8, 4) is 5.75 Å². The molecule has 0 spiro atoms. The van der Waals surface area contributed by atoms with Gasteiger partial charge in [-0.3, -0.25) is 20.2 Å². The summed E-state index contributed by atoms with van der Waals surface area (Å²) < 4.78 is 11.1. The van der Waals surface area contributed by atoms with Gasteiger partial charge in [0.15, 0.2) is 11.4 Å². The molecular formula is C24H38N4O7. The number of amides is 1. The van der Waals surface area contributed by atoms with Crippen molar-refractivity contribution in [1.29, 1.82) is 0 Å². The lowest BCUT2D eigenvalue weighted by atomic mass is 10.0. The van der Waals surface area contributed by atoms with Gasteiger partial charge < -0.3 is 19.3 Å². The maximum Gasteiger partial charge on any atom is 0.410 e. The Bertz CT molecular complexity index is 881. The number of hydrogen-bond acceptors (Lipinski definition) is 8. The molecule has 0 aromatic heterocycles. The molecule has 1 atom stereocenters. The molecule has 1 unspecified atom stereocenters. The zero-order valence-corrected chi connectivity index (χ0v) is 21.3. The van der Waals surface area contributed by atoms with Crippen LogP contribution in [0.4, 0.5) is 21.9 Å². The molecule has 11 nitrogen and oxygen atoms in total. The van der Waals surface area contributed by atoms with Gasteiger partial charge in [-0.25, -0.2) is 4.79 Å². The number of carbonyl (C=O) groups is 1. The van der Waals surface area contributed by atoms with Gasteiger partial charge >= 0.3 is 11.8 Å². The van der Waals surface area contributed by atoms with E-state index in [1.807, 2.05) is 0 Å². The van der Waals surface area contributed by atoms with Crippen molar-refractivity contribution in [2.45, 2.75) is 78.2 Å². The molecule has 0 N–H and O–H groups in total. The normalized spacial score (nSPS) is 13.5. The van der Waals surface area contributed by atoms with Gasteiger partial charge in [-0.1, -0.05) is 52.4 Å². The van der Waals surface area contributed by atoms with Crippen molar-refractivity contribution in [2.75, 3.05) is 38.2 Å². The second kappa shape index (κ2) is 13.7. The Hall–Kier alpha value is -3.11. The van der Waals surface area contributed by atoms with E-state index in [9.17, 15) is 25.0 Å². The Balaban J connectivity index is 2.34. The van der Waals surface area contributed by atoms with E-state index in [4.69, 9.17) is 9.47 Å². The van der Waals surface area contributed by atoms with Crippen LogP contribution in [0.2, 0.25) is 0 Å². The van der Waals surface area contributed by atoms with Gasteiger partial charge in [-0.15, -0.1) is 0 Å². The fourth-order valence-electron chi connectivity index (χ4n) is 4.29. The van der Waals surface area contributed by atoms with E-state index in [1.165, 1.54) is 13.0 Å². The summed E-state index contributed by atoms with van der Waals surface area (Å²) in [6.07, 6.45) is 6.09. The van der Waals surface area contributed by atoms with E-state index >= 15 is 0 Å². The van der Waals surface area contributed by atoms with Crippen LogP contribution in [0.25, 0.3) is 0 Å². The molecule has 1 aromatic carbocycles. The van der Waals surface area contributed by atoms with Gasteiger partial charge in [0.25, 0.3) is 5.69 Å². The topological polar surface area (TPSA) is 128 Å². The first-order valence-corrected chi connectivity index (χ1v) is 12.5. The lowest BCUT2D eigenvalue weighted by Gasteiger charge is -2.29. The number of carbonyl (C=O) groups excluding carboxylic acids is 1. The molecule has 2 rings (SSSR count). The fourth-order valence-corrected chi connectivity index (χ4v) is 4.29. The average Bonchev–Trinajstić information content (AvgIpc) is 2.81. The predicted octanol–water partition coefficient (Wildman–Crippen LogP) is 5.99. The third-order valence-corrected chi connectivity index (χ3v) is 6.21. The number of unbranched alkanes of at least 4 members (excludes halogenated alkanes) is 6. The van der Waals surface area contributed by atoms with Gasteiger partial charge in [0.05, 0.1) is 22.5 Å². The van der Waals surface area contributed by atoms with Crippen molar-refractivity contribution in [3.05, 3.63) is 31.9 Å². The highest BCUT2D eigenvalue weighted by molar-refractivity contribution is 5.80. The molecule has 0 bridgehead atoms. The number of fused-ring (bicyclic) bond motifs is 1. The van der Waals surface area contributed by atoms with Crippen LogP contribution in [0.15, 0.2) is 6.07 Å². The van der Waals surface area contributed by atoms with Gasteiger partial charge in [-0.2, -0.15) is 0 Å². The zero-order valence-electron chi connectivity index (χ0n) is 21.3. The molecule has 11 heteroatoms. The Morgan fingerprint density at radius 3 is 2.20 bits per heavy atom. The number of anilines is 1. The summed E-state index contributed by atoms with van der Waals surface area (Å²) in [7, 11) is 1.66. The molecule has 1 aromatic rings. The van der Waals surface area contributed by atoms with E-state index in [0.29, 0.717) is 19.6 Å². The number of nitro groups is 2. The number of ether oxygens (including phenoxy) is 2. The smallest absolute Gasteiger partial charge is 0.410 e. The summed E-state index contributed by atoms with van der Waals surface area (Å²) in [5, 5.41) is 24.0. The lowest BCUT2D eigenvalue weighted by molar-refractivity contribution is -0.396. The Morgan fingerprint density at radius 1 is 1.09 bits per heavy atom. The molecule has 35 heavy (non-hydrogen) atoms. The maximum absolute atomic E-state index is 13.1. The fraction of sp³-hybridized carbons (Fsp3) is 0.708. The first-order chi connectivity index (χ1) is 16.7. The summed E-state index contributed by atoms with van der Waals surface area (Å²) in [6.45, 7) is 7.34. The largest absolute Gasteiger partial charge is 0.489 e. The van der Waals surface area contributed by atoms with Crippen LogP contribution in [-0.4, -0.2) is 54.1 Å². The second-order valence-corrected chi connectivity index (χ2v) is 8.92. The minimum atomic E-state index is -1.20. The van der Waals surface area contributed by atoms with E-state index in [0.717, 1.165) is 51.4 Å². The summed E-state index contributed by atoms with van der Waals surface area (Å²) in [5.41, 5.74) is -1.04. The number of benzene rings is 1. The Kier molecular flexibility index (Phi) is 11.0. The molecule has 0 saturated carbocycles. The first kappa shape index (κ1) is 28.1. The third-order valence-electron chi connectivity index (χ3n) is 6.21. The summed E-state index contributed by atoms with van der Waals surface area (Å²) in [4.78, 5) is 38.9. The van der Waals surface area contributed by atoms with Crippen molar-refractivity contribution < 1.29 is 24.1 Å². The molecule has 0 radical (unpaired) electrons. The van der Waals surface area contributed by atoms with Crippen LogP contribution >= 0.6 is 0 Å². The standard InChI is InChI=1S/C24H38N4O7/c1-5-7-9-11-13-26(14-12-10-8-6-2)24(29)35-18(3)21-19(27(30)31)17-20-22(23(21)28(32)33)25(4)15-16-34-20/h17-18H,5-16H2,1-4H3. The lowest BCUT2D eigenvalue weighted by Crippen LogP contribution is -2.34. The van der Waals surface area contributed by atoms with Crippen LogP contribution in [0.5, 0.6) is 5.75 Å². The van der Waals surface area contributed by atoms with Gasteiger partial charge in [0.1, 0.15) is 18.3 Å². The predicted molar refractivity (Wildman–Crippen MR) is 133 cm³/mol. The van der Waals surface area contributed by atoms with Gasteiger partial charge in [0, 0.05) is 20.1 Å². The molecule has 1 aliphatic rings. The molecule has 0 saturated heterocycles. The number of nitro benzene ring substituents is 2. The second-order valence-electron chi connectivity index (χ2n) is 8.92. The van der Waals surface area contributed by atoms with Crippen LogP contribution in [0.3, 0.4) is 0 Å². The van der Waals surface area contributed by atoms with E-state index in [1.54, 1.807) is 16.8 Å². The maximum atomic E-state index is 13.1. The molecule has 0 fully saturated rings. The number of rotatable bonds is 14. The van der Waals surface area contributed by atoms with Crippen LogP contribution < -0.4 is 9.64 Å². The molecule has 0 aliphatic carbocycles. The highest BCUT2D eigenvalue weighted by atomic mass is 16.6. The van der Waals surface area contributed by atoms with Crippen LogP contribution in [0, 0.1) is 20.2 Å². The Morgan fingerprint density at radius 2 is 1.69 bits per heavy atom. The third kappa shape index (κ3) is 7.43. The molecule has 196 valence electrons. The quantitative estimate of drug-likeness (QED) is 0.175. The zero-order chi connectivity index (χ0) is 26.0. The van der Waals surface area contributed by atoms with Crippen molar-refractivity contribution in [3.63, 3.8) is 0 Å². The number of likely N-dealkylation sites (N-methyl/N-ethyl adjacent to an activating group) is 1. The summed E-state index contributed by atoms with van der Waals surface area (Å²) in [6, 6.07) is 1.19. The average molecular weight is 495 g/mol. The molecule has 1 heterocycles. The highest BCUT2D eigenvalue weighted by Crippen LogP contribution is 2.48. The van der Waals surface area contributed by atoms with Crippen molar-refractivity contribution in [2.24, 2.45) is 0 Å². The monoisotopic (exact) mass is 494 g/mol. The summed E-state index contributed by atoms with van der Waals surface area (Å²) >= 11 is 0. The summed E-state index contributed by atoms with van der Waals surface area (Å²) in [5.74, 6) is 0.0768. The highest BCUT2D eigenvalue weighted by Gasteiger charge is 2.40. The SMILES string of the molecule is CCCCCCN(CCCCCC)C(=O)OC(C)c1c([N+](=O)[O-])cc2c(c1[N+](=O)[O-])N(C)CCO2. The first-order valence-electron chi connectivity index (χ1n) is 12.5. The van der Waals surface area contributed by atoms with E-state index in [-0.39, 0.29) is 23.6 Å². The van der Waals surface area contributed by atoms with Crippen LogP contribution in [-0.2, 0) is 4.74 Å². The minimum absolute atomic E-state index is 0.0768. The molecule has 1 amide bonds. The van der Waals surface area contributed by atoms with E-state index < -0.39 is 33.4 Å². The van der Waals surface area contributed by atoms with E-state index in [2.05, 4.69) is 13.8 Å². The van der Waals surface area contributed by atoms with Crippen molar-refractivity contribution >= 4 is 23.2 Å².